The van der Waals surface area contributed by atoms with Crippen molar-refractivity contribution in [1.82, 2.24) is 5.32 Å². The van der Waals surface area contributed by atoms with Gasteiger partial charge in [0.15, 0.2) is 0 Å². The fraction of sp³-hybridized carbons (Fsp3) is 0.524. The molecule has 0 spiro atoms. The molecule has 0 aromatic heterocycles. The first-order valence-corrected chi connectivity index (χ1v) is 10.9. The number of anilines is 2. The van der Waals surface area contributed by atoms with Crippen LogP contribution < -0.4 is 31.5 Å². The molecular weight excluding hydrogens is 413 g/mol. The van der Waals surface area contributed by atoms with Gasteiger partial charge in [-0.25, -0.2) is 0 Å². The summed E-state index contributed by atoms with van der Waals surface area (Å²) >= 11 is 11.8. The summed E-state index contributed by atoms with van der Waals surface area (Å²) in [5.74, 6) is 0.718. The molecule has 0 radical (unpaired) electrons. The first-order chi connectivity index (χ1) is 14.1. The average Bonchev–Trinajstić information content (AvgIpc) is 2.74. The Hall–Kier alpha value is -1.76. The van der Waals surface area contributed by atoms with Crippen LogP contribution in [-0.4, -0.2) is 32.3 Å². The molecule has 1 aliphatic heterocycles. The summed E-state index contributed by atoms with van der Waals surface area (Å²) in [7, 11) is 0. The highest BCUT2D eigenvalue weighted by atomic mass is 35.5. The molecule has 0 unspecified atom stereocenters. The van der Waals surface area contributed by atoms with E-state index < -0.39 is 10.9 Å². The van der Waals surface area contributed by atoms with Crippen LogP contribution in [0.15, 0.2) is 27.8 Å². The summed E-state index contributed by atoms with van der Waals surface area (Å²) in [5, 5.41) is 10.7. The third kappa shape index (κ3) is 6.11. The van der Waals surface area contributed by atoms with Crippen molar-refractivity contribution >= 4 is 34.6 Å². The number of nitrogens with one attached hydrogen (secondary N) is 3. The van der Waals surface area contributed by atoms with Gasteiger partial charge in [-0.2, -0.15) is 0 Å². The first kappa shape index (κ1) is 21.9. The number of piperidine rings is 1. The van der Waals surface area contributed by atoms with Crippen molar-refractivity contribution in [2.75, 3.05) is 36.9 Å². The highest BCUT2D eigenvalue weighted by Crippen LogP contribution is 2.26. The van der Waals surface area contributed by atoms with Gasteiger partial charge in [0.05, 0.1) is 16.7 Å². The molecule has 158 valence electrons. The van der Waals surface area contributed by atoms with Crippen molar-refractivity contribution in [2.24, 2.45) is 0 Å². The summed E-state index contributed by atoms with van der Waals surface area (Å²) in [6.07, 6.45) is 5.83. The summed E-state index contributed by atoms with van der Waals surface area (Å²) in [6.45, 7) is 3.17. The van der Waals surface area contributed by atoms with Crippen molar-refractivity contribution in [2.45, 2.75) is 44.6 Å². The Morgan fingerprint density at radius 1 is 0.966 bits per heavy atom. The minimum absolute atomic E-state index is 0.260. The van der Waals surface area contributed by atoms with Crippen LogP contribution in [0.25, 0.3) is 0 Å². The molecule has 0 amide bonds. The van der Waals surface area contributed by atoms with Crippen LogP contribution in [0.4, 0.5) is 11.4 Å². The molecule has 0 bridgehead atoms. The van der Waals surface area contributed by atoms with Gasteiger partial charge < -0.3 is 20.7 Å². The number of benzene rings is 1. The molecule has 6 nitrogen and oxygen atoms in total. The molecule has 3 N–H and O–H groups in total. The van der Waals surface area contributed by atoms with E-state index in [1.54, 1.807) is 18.2 Å². The Labute approximate surface area is 180 Å². The summed E-state index contributed by atoms with van der Waals surface area (Å²) in [5.41, 5.74) is 0.121. The van der Waals surface area contributed by atoms with Crippen LogP contribution in [0.3, 0.4) is 0 Å². The van der Waals surface area contributed by atoms with Gasteiger partial charge in [-0.05, 0) is 50.9 Å². The lowest BCUT2D eigenvalue weighted by Gasteiger charge is -2.26. The van der Waals surface area contributed by atoms with Gasteiger partial charge in [0, 0.05) is 18.7 Å². The molecule has 2 aromatic carbocycles. The van der Waals surface area contributed by atoms with Crippen LogP contribution in [0.5, 0.6) is 5.75 Å². The number of rotatable bonds is 11. The molecule has 0 aliphatic carbocycles. The van der Waals surface area contributed by atoms with Gasteiger partial charge in [-0.1, -0.05) is 36.0 Å². The van der Waals surface area contributed by atoms with E-state index in [1.807, 2.05) is 0 Å². The lowest BCUT2D eigenvalue weighted by atomic mass is 10.0. The predicted molar refractivity (Wildman–Crippen MR) is 120 cm³/mol. The van der Waals surface area contributed by atoms with Crippen molar-refractivity contribution in [3.8, 4) is 5.75 Å². The Kier molecular flexibility index (Phi) is 8.21. The molecule has 1 fully saturated rings. The van der Waals surface area contributed by atoms with Gasteiger partial charge in [-0.15, -0.1) is 0 Å². The van der Waals surface area contributed by atoms with Crippen LogP contribution in [0, 0.1) is 0 Å². The average molecular weight is 440 g/mol. The second-order valence-electron chi connectivity index (χ2n) is 7.34. The van der Waals surface area contributed by atoms with E-state index in [1.165, 1.54) is 0 Å². The normalized spacial score (nSPS) is 14.8. The fourth-order valence-electron chi connectivity index (χ4n) is 3.42. The highest BCUT2D eigenvalue weighted by molar-refractivity contribution is 6.42. The van der Waals surface area contributed by atoms with Crippen molar-refractivity contribution in [1.29, 1.82) is 0 Å². The molecule has 2 aromatic rings. The quantitative estimate of drug-likeness (QED) is 0.364. The lowest BCUT2D eigenvalue weighted by molar-refractivity contribution is 0.305. The molecule has 0 atom stereocenters. The molecule has 1 aliphatic rings. The molecule has 8 heteroatoms. The maximum atomic E-state index is 11.9. The van der Waals surface area contributed by atoms with Crippen LogP contribution in [0.1, 0.15) is 38.5 Å². The minimum Gasteiger partial charge on any atom is -0.494 e. The second kappa shape index (κ2) is 10.9. The third-order valence-corrected chi connectivity index (χ3v) is 5.87. The SMILES string of the molecule is O=c1c(NCCCCCCOc2ccc(Cl)c(Cl)c2)c(NC2CCNCC2)c1=O. The Morgan fingerprint density at radius 2 is 1.69 bits per heavy atom. The van der Waals surface area contributed by atoms with E-state index >= 15 is 0 Å². The maximum absolute atomic E-state index is 11.9. The predicted octanol–water partition coefficient (Wildman–Crippen LogP) is 3.80. The monoisotopic (exact) mass is 439 g/mol. The van der Waals surface area contributed by atoms with Crippen LogP contribution in [0.2, 0.25) is 10.0 Å². The van der Waals surface area contributed by atoms with E-state index in [4.69, 9.17) is 27.9 Å². The zero-order valence-corrected chi connectivity index (χ0v) is 17.9. The van der Waals surface area contributed by atoms with E-state index in [2.05, 4.69) is 16.0 Å². The second-order valence-corrected chi connectivity index (χ2v) is 8.16. The van der Waals surface area contributed by atoms with Crippen LogP contribution >= 0.6 is 23.2 Å². The topological polar surface area (TPSA) is 79.5 Å². The largest absolute Gasteiger partial charge is 0.494 e. The minimum atomic E-state index is -0.406. The van der Waals surface area contributed by atoms with Gasteiger partial charge in [0.25, 0.3) is 10.9 Å². The molecule has 1 saturated heterocycles. The van der Waals surface area contributed by atoms with Crippen molar-refractivity contribution in [3.63, 3.8) is 0 Å². The number of halogens is 2. The molecule has 29 heavy (non-hydrogen) atoms. The number of hydrogen-bond acceptors (Lipinski definition) is 6. The smallest absolute Gasteiger partial charge is 0.253 e. The molecular formula is C21H27Cl2N3O3. The molecule has 1 heterocycles. The van der Waals surface area contributed by atoms with E-state index in [0.29, 0.717) is 34.6 Å². The van der Waals surface area contributed by atoms with Crippen LogP contribution in [-0.2, 0) is 0 Å². The Balaban J connectivity index is 1.30. The Morgan fingerprint density at radius 3 is 2.45 bits per heavy atom. The van der Waals surface area contributed by atoms with Gasteiger partial charge in [0.1, 0.15) is 17.1 Å². The van der Waals surface area contributed by atoms with Crippen molar-refractivity contribution < 1.29 is 4.74 Å². The Bertz CT molecular complexity index is 875. The number of ether oxygens (including phenoxy) is 1. The standard InChI is InChI=1S/C21H27Cl2N3O3/c22-16-6-5-15(13-17(16)23)29-12-4-2-1-3-9-25-18-19(21(28)20(18)27)26-14-7-10-24-11-8-14/h5-6,13-14,24-26H,1-4,7-12H2. The highest BCUT2D eigenvalue weighted by Gasteiger charge is 2.23. The molecule has 0 saturated carbocycles. The van der Waals surface area contributed by atoms with E-state index in [0.717, 1.165) is 57.4 Å². The molecule has 3 rings (SSSR count). The number of unbranched alkanes of at least 4 members (excludes halogenated alkanes) is 3. The first-order valence-electron chi connectivity index (χ1n) is 10.2. The summed E-state index contributed by atoms with van der Waals surface area (Å²) < 4.78 is 5.66. The van der Waals surface area contributed by atoms with Gasteiger partial charge in [0.2, 0.25) is 0 Å². The van der Waals surface area contributed by atoms with Gasteiger partial charge in [-0.3, -0.25) is 9.59 Å². The number of hydrogen-bond donors (Lipinski definition) is 3. The van der Waals surface area contributed by atoms with Gasteiger partial charge >= 0.3 is 0 Å². The maximum Gasteiger partial charge on any atom is 0.253 e. The third-order valence-electron chi connectivity index (χ3n) is 5.13. The zero-order chi connectivity index (χ0) is 20.6. The summed E-state index contributed by atoms with van der Waals surface area (Å²) in [4.78, 5) is 23.7. The van der Waals surface area contributed by atoms with Crippen molar-refractivity contribution in [3.05, 3.63) is 48.7 Å². The lowest BCUT2D eigenvalue weighted by Crippen LogP contribution is -2.42. The van der Waals surface area contributed by atoms with E-state index in [-0.39, 0.29) is 6.04 Å². The fourth-order valence-corrected chi connectivity index (χ4v) is 3.71. The zero-order valence-electron chi connectivity index (χ0n) is 16.4. The van der Waals surface area contributed by atoms with E-state index in [9.17, 15) is 9.59 Å². The summed E-state index contributed by atoms with van der Waals surface area (Å²) in [6, 6.07) is 5.50.